The van der Waals surface area contributed by atoms with Gasteiger partial charge >= 0.3 is 5.97 Å². The Balaban J connectivity index is 0.000000210. The van der Waals surface area contributed by atoms with Crippen LogP contribution in [-0.2, 0) is 22.6 Å². The van der Waals surface area contributed by atoms with Crippen molar-refractivity contribution in [2.24, 2.45) is 11.5 Å². The van der Waals surface area contributed by atoms with Crippen LogP contribution in [0.3, 0.4) is 0 Å². The molecule has 0 fully saturated rings. The SMILES string of the molecule is COc1ccc(C(CC(N)=O)N2Cc3ccccc3C2=O)cc1OC.NC(Cc1c[nH]c2ccccc12)C(=O)O. The molecule has 0 bridgehead atoms. The number of H-pyrrole nitrogens is 1. The predicted octanol–water partition coefficient (Wildman–Crippen LogP) is 3.40. The van der Waals surface area contributed by atoms with Gasteiger partial charge in [0.15, 0.2) is 11.5 Å². The molecule has 10 heteroatoms. The lowest BCUT2D eigenvalue weighted by Crippen LogP contribution is -2.32. The summed E-state index contributed by atoms with van der Waals surface area (Å²) in [6, 6.07) is 19.3. The largest absolute Gasteiger partial charge is 0.493 e. The summed E-state index contributed by atoms with van der Waals surface area (Å²) < 4.78 is 10.6. The fourth-order valence-corrected chi connectivity index (χ4v) is 4.81. The van der Waals surface area contributed by atoms with E-state index in [1.165, 1.54) is 0 Å². The number of benzene rings is 3. The number of nitrogens with two attached hydrogens (primary N) is 2. The zero-order valence-corrected chi connectivity index (χ0v) is 22.3. The van der Waals surface area contributed by atoms with Crippen LogP contribution in [0, 0.1) is 0 Å². The molecular weight excluding hydrogens is 512 g/mol. The van der Waals surface area contributed by atoms with E-state index in [0.29, 0.717) is 30.0 Å². The van der Waals surface area contributed by atoms with Crippen LogP contribution >= 0.6 is 0 Å². The summed E-state index contributed by atoms with van der Waals surface area (Å²) in [4.78, 5) is 39.8. The molecule has 0 saturated heterocycles. The Hall–Kier alpha value is -4.83. The minimum Gasteiger partial charge on any atom is -0.493 e. The molecule has 2 unspecified atom stereocenters. The Morgan fingerprint density at radius 1 is 1.02 bits per heavy atom. The third-order valence-corrected chi connectivity index (χ3v) is 6.84. The number of hydrogen-bond acceptors (Lipinski definition) is 6. The monoisotopic (exact) mass is 544 g/mol. The second kappa shape index (κ2) is 12.4. The lowest BCUT2D eigenvalue weighted by molar-refractivity contribution is -0.138. The third-order valence-electron chi connectivity index (χ3n) is 6.84. The first kappa shape index (κ1) is 28.2. The van der Waals surface area contributed by atoms with Crippen molar-refractivity contribution in [2.45, 2.75) is 31.5 Å². The number of nitrogens with zero attached hydrogens (tertiary/aromatic N) is 1. The number of hydrogen-bond donors (Lipinski definition) is 4. The number of amides is 2. The van der Waals surface area contributed by atoms with E-state index in [0.717, 1.165) is 27.6 Å². The average molecular weight is 545 g/mol. The molecule has 10 nitrogen and oxygen atoms in total. The highest BCUT2D eigenvalue weighted by atomic mass is 16.5. The number of carboxylic acids is 1. The van der Waals surface area contributed by atoms with Gasteiger partial charge in [-0.15, -0.1) is 0 Å². The minimum absolute atomic E-state index is 0.0369. The standard InChI is InChI=1S/C19H20N2O4.C11H12N2O2/c1-24-16-8-7-12(9-17(16)25-2)15(10-18(20)22)21-11-13-5-3-4-6-14(13)19(21)23;12-9(11(14)15)5-7-6-13-10-4-2-1-3-8(7)10/h3-9,15H,10-11H2,1-2H3,(H2,20,22);1-4,6,9,13H,5,12H2,(H,14,15). The maximum atomic E-state index is 12.8. The number of primary amides is 1. The number of fused-ring (bicyclic) bond motifs is 2. The van der Waals surface area contributed by atoms with E-state index in [-0.39, 0.29) is 12.3 Å². The van der Waals surface area contributed by atoms with Crippen LogP contribution in [0.2, 0.25) is 0 Å². The Bertz CT molecular complexity index is 1530. The zero-order chi connectivity index (χ0) is 28.8. The van der Waals surface area contributed by atoms with Gasteiger partial charge in [-0.1, -0.05) is 42.5 Å². The van der Waals surface area contributed by atoms with Crippen molar-refractivity contribution in [2.75, 3.05) is 14.2 Å². The maximum Gasteiger partial charge on any atom is 0.320 e. The summed E-state index contributed by atoms with van der Waals surface area (Å²) in [6.07, 6.45) is 2.20. The number of aromatic amines is 1. The highest BCUT2D eigenvalue weighted by molar-refractivity contribution is 5.98. The van der Waals surface area contributed by atoms with Crippen LogP contribution in [0.1, 0.15) is 39.5 Å². The molecule has 5 rings (SSSR count). The normalized spacial score (nSPS) is 13.7. The fraction of sp³-hybridized carbons (Fsp3) is 0.233. The van der Waals surface area contributed by atoms with Gasteiger partial charge in [-0.25, -0.2) is 0 Å². The molecule has 40 heavy (non-hydrogen) atoms. The number of ether oxygens (including phenoxy) is 2. The van der Waals surface area contributed by atoms with Crippen molar-refractivity contribution in [1.29, 1.82) is 0 Å². The minimum atomic E-state index is -0.972. The molecule has 1 aliphatic heterocycles. The number of aromatic nitrogens is 1. The van der Waals surface area contributed by atoms with Crippen molar-refractivity contribution in [3.8, 4) is 11.5 Å². The van der Waals surface area contributed by atoms with Crippen LogP contribution in [0.5, 0.6) is 11.5 Å². The number of carboxylic acid groups (broad SMARTS) is 1. The van der Waals surface area contributed by atoms with Crippen LogP contribution in [0.25, 0.3) is 10.9 Å². The van der Waals surface area contributed by atoms with Crippen molar-refractivity contribution >= 4 is 28.7 Å². The van der Waals surface area contributed by atoms with Crippen LogP contribution in [0.4, 0.5) is 0 Å². The van der Waals surface area contributed by atoms with E-state index in [9.17, 15) is 14.4 Å². The lowest BCUT2D eigenvalue weighted by atomic mass is 10.0. The van der Waals surface area contributed by atoms with Gasteiger partial charge in [0, 0.05) is 35.6 Å². The highest BCUT2D eigenvalue weighted by Gasteiger charge is 2.34. The molecule has 4 aromatic rings. The van der Waals surface area contributed by atoms with Crippen molar-refractivity contribution < 1.29 is 29.0 Å². The van der Waals surface area contributed by atoms with Gasteiger partial charge in [-0.3, -0.25) is 14.4 Å². The Morgan fingerprint density at radius 2 is 1.73 bits per heavy atom. The number of carbonyl (C=O) groups is 3. The maximum absolute atomic E-state index is 12.8. The predicted molar refractivity (Wildman–Crippen MR) is 150 cm³/mol. The molecule has 0 radical (unpaired) electrons. The summed E-state index contributed by atoms with van der Waals surface area (Å²) in [5, 5.41) is 9.75. The van der Waals surface area contributed by atoms with Gasteiger partial charge in [0.1, 0.15) is 6.04 Å². The van der Waals surface area contributed by atoms with Crippen LogP contribution < -0.4 is 20.9 Å². The molecule has 2 atom stereocenters. The number of para-hydroxylation sites is 1. The van der Waals surface area contributed by atoms with Gasteiger partial charge in [0.25, 0.3) is 5.91 Å². The zero-order valence-electron chi connectivity index (χ0n) is 22.3. The molecule has 3 aromatic carbocycles. The van der Waals surface area contributed by atoms with Gasteiger partial charge < -0.3 is 35.9 Å². The second-order valence-corrected chi connectivity index (χ2v) is 9.40. The molecular formula is C30H32N4O6. The van der Waals surface area contributed by atoms with E-state index >= 15 is 0 Å². The molecule has 0 saturated carbocycles. The molecule has 0 spiro atoms. The van der Waals surface area contributed by atoms with Gasteiger partial charge in [-0.05, 0) is 41.0 Å². The van der Waals surface area contributed by atoms with E-state index in [4.69, 9.17) is 26.0 Å². The number of carbonyl (C=O) groups excluding carboxylic acids is 2. The fourth-order valence-electron chi connectivity index (χ4n) is 4.81. The number of nitrogens with one attached hydrogen (secondary N) is 1. The summed E-state index contributed by atoms with van der Waals surface area (Å²) in [7, 11) is 3.10. The highest BCUT2D eigenvalue weighted by Crippen LogP contribution is 2.37. The number of rotatable bonds is 9. The Morgan fingerprint density at radius 3 is 2.40 bits per heavy atom. The number of aliphatic carboxylic acids is 1. The van der Waals surface area contributed by atoms with Crippen molar-refractivity contribution in [3.05, 3.63) is 95.2 Å². The summed E-state index contributed by atoms with van der Waals surface area (Å²) >= 11 is 0. The van der Waals surface area contributed by atoms with Crippen molar-refractivity contribution in [3.63, 3.8) is 0 Å². The first-order chi connectivity index (χ1) is 19.2. The summed E-state index contributed by atoms with van der Waals surface area (Å²) in [6.45, 7) is 0.446. The van der Waals surface area contributed by atoms with E-state index in [1.54, 1.807) is 37.3 Å². The molecule has 6 N–H and O–H groups in total. The van der Waals surface area contributed by atoms with Crippen LogP contribution in [-0.4, -0.2) is 53.0 Å². The van der Waals surface area contributed by atoms with Crippen molar-refractivity contribution in [1.82, 2.24) is 9.88 Å². The van der Waals surface area contributed by atoms with Gasteiger partial charge in [-0.2, -0.15) is 0 Å². The molecule has 2 amide bonds. The first-order valence-corrected chi connectivity index (χ1v) is 12.7. The summed E-state index contributed by atoms with van der Waals surface area (Å²) in [5.74, 6) is -0.417. The third kappa shape index (κ3) is 6.08. The second-order valence-electron chi connectivity index (χ2n) is 9.40. The summed E-state index contributed by atoms with van der Waals surface area (Å²) in [5.41, 5.74) is 15.3. The van der Waals surface area contributed by atoms with Gasteiger partial charge in [0.05, 0.1) is 26.7 Å². The average Bonchev–Trinajstić information content (AvgIpc) is 3.52. The Kier molecular flexibility index (Phi) is 8.70. The first-order valence-electron chi connectivity index (χ1n) is 12.7. The van der Waals surface area contributed by atoms with E-state index in [1.807, 2.05) is 54.7 Å². The molecule has 208 valence electrons. The molecule has 1 aliphatic rings. The van der Waals surface area contributed by atoms with Gasteiger partial charge in [0.2, 0.25) is 5.91 Å². The number of methoxy groups -OCH3 is 2. The molecule has 2 heterocycles. The molecule has 0 aliphatic carbocycles. The van der Waals surface area contributed by atoms with E-state index in [2.05, 4.69) is 4.98 Å². The topological polar surface area (TPSA) is 161 Å². The smallest absolute Gasteiger partial charge is 0.320 e. The van der Waals surface area contributed by atoms with E-state index < -0.39 is 24.0 Å². The molecule has 1 aromatic heterocycles. The quantitative estimate of drug-likeness (QED) is 0.251. The van der Waals surface area contributed by atoms with Crippen LogP contribution in [0.15, 0.2) is 72.9 Å². The lowest BCUT2D eigenvalue weighted by Gasteiger charge is -2.28. The Labute approximate surface area is 231 Å².